The molecule has 1 aromatic rings. The summed E-state index contributed by atoms with van der Waals surface area (Å²) in [5, 5.41) is 2.94. The van der Waals surface area contributed by atoms with E-state index in [4.69, 9.17) is 5.73 Å². The van der Waals surface area contributed by atoms with Crippen molar-refractivity contribution < 1.29 is 4.79 Å². The quantitative estimate of drug-likeness (QED) is 0.746. The molecule has 2 aliphatic rings. The number of nitrogens with two attached hydrogens (primary N) is 1. The van der Waals surface area contributed by atoms with Gasteiger partial charge >= 0.3 is 0 Å². The zero-order valence-corrected chi connectivity index (χ0v) is 10.2. The van der Waals surface area contributed by atoms with Gasteiger partial charge in [0.25, 0.3) is 0 Å². The van der Waals surface area contributed by atoms with Gasteiger partial charge in [-0.15, -0.1) is 0 Å². The molecule has 0 aliphatic carbocycles. The maximum atomic E-state index is 11.7. The van der Waals surface area contributed by atoms with Gasteiger partial charge < -0.3 is 16.0 Å². The molecule has 0 bridgehead atoms. The fraction of sp³-hybridized carbons (Fsp3) is 0.583. The lowest BCUT2D eigenvalue weighted by Gasteiger charge is -2.37. The van der Waals surface area contributed by atoms with Crippen molar-refractivity contribution in [1.82, 2.24) is 15.3 Å². The molecule has 2 fully saturated rings. The van der Waals surface area contributed by atoms with Gasteiger partial charge in [0.15, 0.2) is 5.82 Å². The molecule has 3 heterocycles. The standard InChI is InChI=1S/C12H17N5O/c13-6-9-11(15-4-3-14-9)17-5-1-2-8-10(17)7-16-12(8)18/h3-4,8,10H,1-2,5-7,13H2,(H,16,18). The number of hydrogen-bond acceptors (Lipinski definition) is 5. The van der Waals surface area contributed by atoms with E-state index in [1.54, 1.807) is 12.4 Å². The molecule has 96 valence electrons. The molecule has 1 aromatic heterocycles. The van der Waals surface area contributed by atoms with E-state index in [-0.39, 0.29) is 17.9 Å². The molecule has 0 aromatic carbocycles. The van der Waals surface area contributed by atoms with E-state index in [1.807, 2.05) is 0 Å². The van der Waals surface area contributed by atoms with E-state index in [0.717, 1.165) is 30.9 Å². The molecule has 18 heavy (non-hydrogen) atoms. The van der Waals surface area contributed by atoms with Gasteiger partial charge in [-0.1, -0.05) is 0 Å². The van der Waals surface area contributed by atoms with Crippen LogP contribution in [0.2, 0.25) is 0 Å². The minimum atomic E-state index is 0.0892. The SMILES string of the molecule is NCc1nccnc1N1CCCC2C(=O)NCC21. The van der Waals surface area contributed by atoms with Crippen molar-refractivity contribution in [3.05, 3.63) is 18.1 Å². The molecule has 0 radical (unpaired) electrons. The highest BCUT2D eigenvalue weighted by Crippen LogP contribution is 2.31. The molecule has 0 saturated carbocycles. The van der Waals surface area contributed by atoms with Crippen molar-refractivity contribution in [3.8, 4) is 0 Å². The third-order valence-corrected chi connectivity index (χ3v) is 3.82. The Kier molecular flexibility index (Phi) is 2.87. The largest absolute Gasteiger partial charge is 0.354 e. The second kappa shape index (κ2) is 4.53. The summed E-state index contributed by atoms with van der Waals surface area (Å²) < 4.78 is 0. The van der Waals surface area contributed by atoms with Crippen LogP contribution in [0.1, 0.15) is 18.5 Å². The highest BCUT2D eigenvalue weighted by molar-refractivity contribution is 5.83. The van der Waals surface area contributed by atoms with Crippen molar-refractivity contribution >= 4 is 11.7 Å². The molecule has 2 aliphatic heterocycles. The molecule has 1 amide bonds. The fourth-order valence-corrected chi connectivity index (χ4v) is 2.96. The number of amides is 1. The van der Waals surface area contributed by atoms with Gasteiger partial charge in [-0.05, 0) is 12.8 Å². The third kappa shape index (κ3) is 1.73. The van der Waals surface area contributed by atoms with Crippen LogP contribution in [-0.2, 0) is 11.3 Å². The number of rotatable bonds is 2. The summed E-state index contributed by atoms with van der Waals surface area (Å²) in [6.07, 6.45) is 5.31. The minimum Gasteiger partial charge on any atom is -0.354 e. The second-order valence-corrected chi connectivity index (χ2v) is 4.79. The Morgan fingerprint density at radius 3 is 3.11 bits per heavy atom. The number of nitrogens with one attached hydrogen (secondary N) is 1. The van der Waals surface area contributed by atoms with E-state index >= 15 is 0 Å². The van der Waals surface area contributed by atoms with Crippen molar-refractivity contribution in [2.75, 3.05) is 18.0 Å². The van der Waals surface area contributed by atoms with Crippen LogP contribution in [0.5, 0.6) is 0 Å². The number of piperidine rings is 1. The Hall–Kier alpha value is -1.69. The van der Waals surface area contributed by atoms with Gasteiger partial charge in [-0.2, -0.15) is 0 Å². The van der Waals surface area contributed by atoms with Crippen molar-refractivity contribution in [2.24, 2.45) is 11.7 Å². The predicted molar refractivity (Wildman–Crippen MR) is 66.8 cm³/mol. The van der Waals surface area contributed by atoms with Crippen molar-refractivity contribution in [2.45, 2.75) is 25.4 Å². The molecular formula is C12H17N5O. The Morgan fingerprint density at radius 2 is 2.28 bits per heavy atom. The van der Waals surface area contributed by atoms with Gasteiger partial charge in [-0.25, -0.2) is 4.98 Å². The zero-order chi connectivity index (χ0) is 12.5. The molecule has 0 spiro atoms. The maximum Gasteiger partial charge on any atom is 0.225 e. The lowest BCUT2D eigenvalue weighted by molar-refractivity contribution is -0.122. The highest BCUT2D eigenvalue weighted by atomic mass is 16.2. The average Bonchev–Trinajstić information content (AvgIpc) is 2.81. The van der Waals surface area contributed by atoms with Crippen LogP contribution in [0.4, 0.5) is 5.82 Å². The smallest absolute Gasteiger partial charge is 0.225 e. The average molecular weight is 247 g/mol. The summed E-state index contributed by atoms with van der Waals surface area (Å²) in [5.41, 5.74) is 6.51. The van der Waals surface area contributed by atoms with Gasteiger partial charge in [0.1, 0.15) is 0 Å². The van der Waals surface area contributed by atoms with E-state index in [2.05, 4.69) is 20.2 Å². The molecule has 2 atom stereocenters. The molecule has 3 rings (SSSR count). The fourth-order valence-electron chi connectivity index (χ4n) is 2.96. The van der Waals surface area contributed by atoms with Crippen molar-refractivity contribution in [3.63, 3.8) is 0 Å². The monoisotopic (exact) mass is 247 g/mol. The van der Waals surface area contributed by atoms with Gasteiger partial charge in [0, 0.05) is 32.0 Å². The van der Waals surface area contributed by atoms with Gasteiger partial charge in [0.2, 0.25) is 5.91 Å². The number of carbonyl (C=O) groups excluding carboxylic acids is 1. The maximum absolute atomic E-state index is 11.7. The van der Waals surface area contributed by atoms with Crippen LogP contribution in [0.3, 0.4) is 0 Å². The highest BCUT2D eigenvalue weighted by Gasteiger charge is 2.41. The molecule has 3 N–H and O–H groups in total. The molecule has 6 heteroatoms. The number of nitrogens with zero attached hydrogens (tertiary/aromatic N) is 3. The first-order valence-electron chi connectivity index (χ1n) is 6.35. The van der Waals surface area contributed by atoms with Crippen LogP contribution in [0.15, 0.2) is 12.4 Å². The first-order valence-corrected chi connectivity index (χ1v) is 6.35. The minimum absolute atomic E-state index is 0.0892. The lowest BCUT2D eigenvalue weighted by Crippen LogP contribution is -2.46. The van der Waals surface area contributed by atoms with Crippen LogP contribution in [0, 0.1) is 5.92 Å². The number of carbonyl (C=O) groups is 1. The molecular weight excluding hydrogens is 230 g/mol. The Balaban J connectivity index is 1.93. The molecule has 6 nitrogen and oxygen atoms in total. The number of fused-ring (bicyclic) bond motifs is 1. The number of hydrogen-bond donors (Lipinski definition) is 2. The Labute approximate surface area is 106 Å². The summed E-state index contributed by atoms with van der Waals surface area (Å²) in [6, 6.07) is 0.202. The normalized spacial score (nSPS) is 26.9. The summed E-state index contributed by atoms with van der Waals surface area (Å²) in [6.45, 7) is 1.99. The van der Waals surface area contributed by atoms with E-state index in [9.17, 15) is 4.79 Å². The first-order chi connectivity index (χ1) is 8.81. The van der Waals surface area contributed by atoms with E-state index in [0.29, 0.717) is 13.1 Å². The molecule has 2 saturated heterocycles. The summed E-state index contributed by atoms with van der Waals surface area (Å²) >= 11 is 0. The van der Waals surface area contributed by atoms with Crippen molar-refractivity contribution in [1.29, 1.82) is 0 Å². The number of anilines is 1. The van der Waals surface area contributed by atoms with E-state index in [1.165, 1.54) is 0 Å². The van der Waals surface area contributed by atoms with Gasteiger partial charge in [0.05, 0.1) is 17.7 Å². The van der Waals surface area contributed by atoms with E-state index < -0.39 is 0 Å². The van der Waals surface area contributed by atoms with Crippen LogP contribution in [0.25, 0.3) is 0 Å². The van der Waals surface area contributed by atoms with Crippen LogP contribution >= 0.6 is 0 Å². The molecule has 2 unspecified atom stereocenters. The zero-order valence-electron chi connectivity index (χ0n) is 10.2. The third-order valence-electron chi connectivity index (χ3n) is 3.82. The van der Waals surface area contributed by atoms with Crippen LogP contribution in [-0.4, -0.2) is 35.0 Å². The second-order valence-electron chi connectivity index (χ2n) is 4.79. The van der Waals surface area contributed by atoms with Crippen LogP contribution < -0.4 is 16.0 Å². The topological polar surface area (TPSA) is 84.1 Å². The van der Waals surface area contributed by atoms with Gasteiger partial charge in [-0.3, -0.25) is 9.78 Å². The summed E-state index contributed by atoms with van der Waals surface area (Å²) in [7, 11) is 0. The number of aromatic nitrogens is 2. The lowest BCUT2D eigenvalue weighted by atomic mass is 9.91. The Morgan fingerprint density at radius 1 is 1.44 bits per heavy atom. The predicted octanol–water partition coefficient (Wildman–Crippen LogP) is -0.350. The summed E-state index contributed by atoms with van der Waals surface area (Å²) in [5.74, 6) is 1.10. The Bertz CT molecular complexity index is 464. The first kappa shape index (κ1) is 11.4. The summed E-state index contributed by atoms with van der Waals surface area (Å²) in [4.78, 5) is 22.6.